The maximum absolute atomic E-state index is 6.01. The highest BCUT2D eigenvalue weighted by Crippen LogP contribution is 2.23. The fraction of sp³-hybridized carbons (Fsp3) is 0.846. The second-order valence-electron chi connectivity index (χ2n) is 4.55. The molecule has 1 atom stereocenters. The summed E-state index contributed by atoms with van der Waals surface area (Å²) in [4.78, 5) is 0. The summed E-state index contributed by atoms with van der Waals surface area (Å²) in [6, 6.07) is 0. The van der Waals surface area contributed by atoms with Crippen LogP contribution in [0.25, 0.3) is 0 Å². The lowest BCUT2D eigenvalue weighted by molar-refractivity contribution is -0.00289. The van der Waals surface area contributed by atoms with Gasteiger partial charge in [0.25, 0.3) is 0 Å². The van der Waals surface area contributed by atoms with Crippen molar-refractivity contribution in [3.63, 3.8) is 0 Å². The average Bonchev–Trinajstić information content (AvgIpc) is 2.26. The van der Waals surface area contributed by atoms with Gasteiger partial charge in [-0.25, -0.2) is 0 Å². The Balaban J connectivity index is 4.64. The van der Waals surface area contributed by atoms with Crippen molar-refractivity contribution in [2.24, 2.45) is 0 Å². The van der Waals surface area contributed by atoms with E-state index in [2.05, 4.69) is 20.4 Å². The molecule has 0 rings (SSSR count). The second-order valence-corrected chi connectivity index (χ2v) is 7.10. The van der Waals surface area contributed by atoms with E-state index >= 15 is 0 Å². The molecule has 3 nitrogen and oxygen atoms in total. The quantitative estimate of drug-likeness (QED) is 0.446. The van der Waals surface area contributed by atoms with Crippen molar-refractivity contribution >= 4 is 9.28 Å². The first kappa shape index (κ1) is 16.8. The smallest absolute Gasteiger partial charge is 0.354 e. The van der Waals surface area contributed by atoms with Gasteiger partial charge in [0.15, 0.2) is 0 Å². The normalized spacial score (nSPS) is 14.9. The third-order valence-corrected chi connectivity index (χ3v) is 5.25. The maximum Gasteiger partial charge on any atom is 0.354 e. The molecule has 0 N–H and O–H groups in total. The number of hydrogen-bond acceptors (Lipinski definition) is 3. The summed E-state index contributed by atoms with van der Waals surface area (Å²) >= 11 is 0. The summed E-state index contributed by atoms with van der Waals surface area (Å²) in [5.74, 6) is 0. The van der Waals surface area contributed by atoms with Gasteiger partial charge in [0.1, 0.15) is 5.22 Å². The highest BCUT2D eigenvalue weighted by molar-refractivity contribution is 6.48. The van der Waals surface area contributed by atoms with Gasteiger partial charge in [-0.3, -0.25) is 0 Å². The molecule has 0 aliphatic carbocycles. The van der Waals surface area contributed by atoms with Crippen LogP contribution in [0.5, 0.6) is 0 Å². The van der Waals surface area contributed by atoms with Gasteiger partial charge in [-0.15, -0.1) is 0 Å². The molecule has 0 aromatic heterocycles. The standard InChI is InChI=1S/C13H28O3Si/c1-7-10-13(6,14-11-12(4)5)17(15-8-2)16-9-3/h17H,4,7-11H2,1-3,5-6H3. The molecule has 17 heavy (non-hydrogen) atoms. The van der Waals surface area contributed by atoms with Crippen molar-refractivity contribution in [3.05, 3.63) is 12.2 Å². The molecule has 1 unspecified atom stereocenters. The molecule has 0 aromatic rings. The number of ether oxygens (including phenoxy) is 1. The lowest BCUT2D eigenvalue weighted by atomic mass is 10.2. The van der Waals surface area contributed by atoms with Gasteiger partial charge in [-0.1, -0.05) is 25.5 Å². The van der Waals surface area contributed by atoms with Crippen LogP contribution in [0, 0.1) is 0 Å². The van der Waals surface area contributed by atoms with Gasteiger partial charge in [0.05, 0.1) is 6.61 Å². The van der Waals surface area contributed by atoms with E-state index in [0.717, 1.165) is 18.4 Å². The van der Waals surface area contributed by atoms with E-state index in [1.54, 1.807) is 0 Å². The molecular formula is C13H28O3Si. The van der Waals surface area contributed by atoms with Crippen LogP contribution in [0.1, 0.15) is 47.5 Å². The minimum Gasteiger partial charge on any atom is -0.395 e. The van der Waals surface area contributed by atoms with Crippen LogP contribution in [-0.2, 0) is 13.6 Å². The highest BCUT2D eigenvalue weighted by atomic mass is 28.3. The summed E-state index contributed by atoms with van der Waals surface area (Å²) in [6.45, 7) is 16.1. The molecule has 0 radical (unpaired) electrons. The van der Waals surface area contributed by atoms with Gasteiger partial charge in [-0.05, 0) is 34.1 Å². The van der Waals surface area contributed by atoms with Gasteiger partial charge < -0.3 is 13.6 Å². The van der Waals surface area contributed by atoms with Gasteiger partial charge in [0.2, 0.25) is 0 Å². The molecule has 0 aliphatic rings. The monoisotopic (exact) mass is 260 g/mol. The first-order chi connectivity index (χ1) is 8.00. The Morgan fingerprint density at radius 1 is 1.18 bits per heavy atom. The summed E-state index contributed by atoms with van der Waals surface area (Å²) in [7, 11) is -1.80. The first-order valence-corrected chi connectivity index (χ1v) is 8.03. The zero-order chi connectivity index (χ0) is 13.3. The lowest BCUT2D eigenvalue weighted by Gasteiger charge is -2.35. The van der Waals surface area contributed by atoms with Crippen LogP contribution >= 0.6 is 0 Å². The second kappa shape index (κ2) is 8.86. The molecule has 0 aliphatic heterocycles. The van der Waals surface area contributed by atoms with Crippen molar-refractivity contribution < 1.29 is 13.6 Å². The predicted molar refractivity (Wildman–Crippen MR) is 74.5 cm³/mol. The summed E-state index contributed by atoms with van der Waals surface area (Å²) in [5, 5.41) is -0.264. The zero-order valence-electron chi connectivity index (χ0n) is 12.0. The molecule has 0 saturated heterocycles. The zero-order valence-corrected chi connectivity index (χ0v) is 13.2. The Morgan fingerprint density at radius 2 is 1.71 bits per heavy atom. The maximum atomic E-state index is 6.01. The summed E-state index contributed by atoms with van der Waals surface area (Å²) in [5.41, 5.74) is 1.04. The van der Waals surface area contributed by atoms with Crippen LogP contribution in [-0.4, -0.2) is 34.3 Å². The predicted octanol–water partition coefficient (Wildman–Crippen LogP) is 2.97. The third-order valence-electron chi connectivity index (χ3n) is 2.53. The molecular weight excluding hydrogens is 232 g/mol. The highest BCUT2D eigenvalue weighted by Gasteiger charge is 2.39. The Morgan fingerprint density at radius 3 is 2.06 bits per heavy atom. The van der Waals surface area contributed by atoms with E-state index in [1.165, 1.54) is 0 Å². The fourth-order valence-electron chi connectivity index (χ4n) is 1.75. The number of hydrogen-bond donors (Lipinski definition) is 0. The van der Waals surface area contributed by atoms with Crippen LogP contribution in [0.2, 0.25) is 0 Å². The Labute approximate surface area is 108 Å². The Hall–Kier alpha value is -0.163. The summed E-state index contributed by atoms with van der Waals surface area (Å²) in [6.07, 6.45) is 2.04. The minimum atomic E-state index is -1.80. The van der Waals surface area contributed by atoms with Crippen LogP contribution in [0.4, 0.5) is 0 Å². The van der Waals surface area contributed by atoms with Crippen molar-refractivity contribution in [1.29, 1.82) is 0 Å². The third kappa shape index (κ3) is 6.36. The van der Waals surface area contributed by atoms with Crippen molar-refractivity contribution in [3.8, 4) is 0 Å². The average molecular weight is 260 g/mol. The largest absolute Gasteiger partial charge is 0.395 e. The van der Waals surface area contributed by atoms with Crippen LogP contribution < -0.4 is 0 Å². The van der Waals surface area contributed by atoms with Gasteiger partial charge in [-0.2, -0.15) is 0 Å². The molecule has 0 aromatic carbocycles. The Kier molecular flexibility index (Phi) is 8.77. The molecule has 0 bridgehead atoms. The molecule has 0 heterocycles. The van der Waals surface area contributed by atoms with E-state index in [0.29, 0.717) is 19.8 Å². The van der Waals surface area contributed by atoms with Crippen molar-refractivity contribution in [2.75, 3.05) is 19.8 Å². The van der Waals surface area contributed by atoms with E-state index < -0.39 is 9.28 Å². The lowest BCUT2D eigenvalue weighted by Crippen LogP contribution is -2.50. The molecule has 0 saturated carbocycles. The van der Waals surface area contributed by atoms with Crippen LogP contribution in [0.3, 0.4) is 0 Å². The van der Waals surface area contributed by atoms with Gasteiger partial charge in [0, 0.05) is 13.2 Å². The van der Waals surface area contributed by atoms with Crippen molar-refractivity contribution in [2.45, 2.75) is 52.7 Å². The minimum absolute atomic E-state index is 0.264. The van der Waals surface area contributed by atoms with E-state index in [1.807, 2.05) is 20.8 Å². The molecule has 0 fully saturated rings. The molecule has 102 valence electrons. The first-order valence-electron chi connectivity index (χ1n) is 6.51. The van der Waals surface area contributed by atoms with Crippen LogP contribution in [0.15, 0.2) is 12.2 Å². The topological polar surface area (TPSA) is 27.7 Å². The SMILES string of the molecule is C=C(C)COC(C)(CCC)[SiH](OCC)OCC. The Bertz CT molecular complexity index is 215. The van der Waals surface area contributed by atoms with Gasteiger partial charge >= 0.3 is 9.28 Å². The number of rotatable bonds is 10. The van der Waals surface area contributed by atoms with E-state index in [4.69, 9.17) is 13.6 Å². The summed E-state index contributed by atoms with van der Waals surface area (Å²) < 4.78 is 17.6. The van der Waals surface area contributed by atoms with E-state index in [-0.39, 0.29) is 5.22 Å². The molecule has 4 heteroatoms. The fourth-order valence-corrected chi connectivity index (χ4v) is 3.90. The van der Waals surface area contributed by atoms with Crippen molar-refractivity contribution in [1.82, 2.24) is 0 Å². The molecule has 0 amide bonds. The van der Waals surface area contributed by atoms with E-state index in [9.17, 15) is 0 Å². The molecule has 0 spiro atoms.